The molecule has 0 heterocycles. The molecule has 0 aliphatic heterocycles. The van der Waals surface area contributed by atoms with Crippen LogP contribution >= 0.6 is 0 Å². The maximum absolute atomic E-state index is 13.4. The second-order valence-electron chi connectivity index (χ2n) is 6.94. The van der Waals surface area contributed by atoms with Gasteiger partial charge >= 0.3 is 0 Å². The van der Waals surface area contributed by atoms with Gasteiger partial charge in [0.2, 0.25) is 0 Å². The molecule has 3 rings (SSSR count). The van der Waals surface area contributed by atoms with Crippen LogP contribution in [0.4, 0.5) is 5.69 Å². The van der Waals surface area contributed by atoms with E-state index in [2.05, 4.69) is 0 Å². The largest absolute Gasteiger partial charge is 0.497 e. The lowest BCUT2D eigenvalue weighted by Gasteiger charge is -2.22. The van der Waals surface area contributed by atoms with Crippen molar-refractivity contribution in [1.82, 2.24) is 5.48 Å². The molecule has 9 heteroatoms. The number of hydroxylamine groups is 1. The average Bonchev–Trinajstić information content (AvgIpc) is 2.86. The van der Waals surface area contributed by atoms with Gasteiger partial charge in [0.05, 0.1) is 19.9 Å². The molecule has 8 nitrogen and oxygen atoms in total. The number of sulfonamides is 1. The zero-order valence-corrected chi connectivity index (χ0v) is 19.2. The van der Waals surface area contributed by atoms with Crippen LogP contribution in [0.15, 0.2) is 83.8 Å². The predicted octanol–water partition coefficient (Wildman–Crippen LogP) is 3.47. The number of amides is 1. The fraction of sp³-hybridized carbons (Fsp3) is 0.125. The van der Waals surface area contributed by atoms with E-state index in [0.29, 0.717) is 22.6 Å². The first kappa shape index (κ1) is 23.8. The first-order valence-electron chi connectivity index (χ1n) is 9.84. The van der Waals surface area contributed by atoms with Gasteiger partial charge in [-0.25, -0.2) is 13.9 Å². The van der Waals surface area contributed by atoms with E-state index in [1.54, 1.807) is 35.8 Å². The van der Waals surface area contributed by atoms with Crippen molar-refractivity contribution in [2.45, 2.75) is 4.90 Å². The standard InChI is InChI=1S/C24H24N2O6S/c1-26(33(29,30)23-15-20(31-2)12-13-22(23)32-3)19-11-7-10-18(14-19)21(16-24(27)25-28)17-8-5-4-6-9-17/h4-16,28H,1-3H3,(H,25,27)/b21-16-. The molecular formula is C24H24N2O6S. The summed E-state index contributed by atoms with van der Waals surface area (Å²) in [5, 5.41) is 8.99. The fourth-order valence-corrected chi connectivity index (χ4v) is 4.61. The SMILES string of the molecule is COc1ccc(OC)c(S(=O)(=O)N(C)c2cccc(/C(=C\C(=O)NO)c3ccccc3)c2)c1. The molecular weight excluding hydrogens is 444 g/mol. The minimum absolute atomic E-state index is 0.0456. The minimum Gasteiger partial charge on any atom is -0.497 e. The van der Waals surface area contributed by atoms with Crippen LogP contribution in [0.25, 0.3) is 5.57 Å². The third kappa shape index (κ3) is 5.16. The molecule has 0 bridgehead atoms. The Morgan fingerprint density at radius 2 is 1.64 bits per heavy atom. The molecule has 2 N–H and O–H groups in total. The third-order valence-corrected chi connectivity index (χ3v) is 6.81. The highest BCUT2D eigenvalue weighted by Crippen LogP contribution is 2.33. The highest BCUT2D eigenvalue weighted by Gasteiger charge is 2.26. The molecule has 0 aromatic heterocycles. The molecule has 0 unspecified atom stereocenters. The van der Waals surface area contributed by atoms with Crippen molar-refractivity contribution >= 4 is 27.2 Å². The van der Waals surface area contributed by atoms with E-state index in [1.807, 2.05) is 30.3 Å². The molecule has 0 spiro atoms. The summed E-state index contributed by atoms with van der Waals surface area (Å²) in [4.78, 5) is 11.8. The van der Waals surface area contributed by atoms with Gasteiger partial charge in [-0.15, -0.1) is 0 Å². The number of benzene rings is 3. The van der Waals surface area contributed by atoms with Crippen LogP contribution < -0.4 is 19.3 Å². The van der Waals surface area contributed by atoms with Crippen LogP contribution in [-0.2, 0) is 14.8 Å². The number of methoxy groups -OCH3 is 2. The first-order chi connectivity index (χ1) is 15.8. The number of hydrogen-bond donors (Lipinski definition) is 2. The molecule has 0 radical (unpaired) electrons. The Kier molecular flexibility index (Phi) is 7.37. The predicted molar refractivity (Wildman–Crippen MR) is 125 cm³/mol. The monoisotopic (exact) mass is 468 g/mol. The molecule has 1 amide bonds. The van der Waals surface area contributed by atoms with Gasteiger partial charge in [0, 0.05) is 19.2 Å². The summed E-state index contributed by atoms with van der Waals surface area (Å²) in [5.41, 5.74) is 3.77. The van der Waals surface area contributed by atoms with E-state index in [0.717, 1.165) is 9.87 Å². The molecule has 3 aromatic carbocycles. The Labute approximate surface area is 192 Å². The van der Waals surface area contributed by atoms with E-state index in [-0.39, 0.29) is 10.6 Å². The Hall–Kier alpha value is -3.82. The van der Waals surface area contributed by atoms with Crippen LogP contribution in [0.1, 0.15) is 11.1 Å². The summed E-state index contributed by atoms with van der Waals surface area (Å²) in [5.74, 6) is -0.148. The van der Waals surface area contributed by atoms with Crippen molar-refractivity contribution in [2.75, 3.05) is 25.6 Å². The van der Waals surface area contributed by atoms with E-state index in [4.69, 9.17) is 14.7 Å². The van der Waals surface area contributed by atoms with Crippen molar-refractivity contribution < 1.29 is 27.9 Å². The minimum atomic E-state index is -4.01. The number of anilines is 1. The fourth-order valence-electron chi connectivity index (χ4n) is 3.26. The molecule has 0 atom stereocenters. The number of ether oxygens (including phenoxy) is 2. The van der Waals surface area contributed by atoms with Crippen LogP contribution in [-0.4, -0.2) is 40.8 Å². The van der Waals surface area contributed by atoms with E-state index in [9.17, 15) is 13.2 Å². The maximum Gasteiger partial charge on any atom is 0.267 e. The lowest BCUT2D eigenvalue weighted by Crippen LogP contribution is -2.27. The van der Waals surface area contributed by atoms with Crippen LogP contribution in [0, 0.1) is 0 Å². The van der Waals surface area contributed by atoms with Gasteiger partial charge in [0.1, 0.15) is 16.4 Å². The summed E-state index contributed by atoms with van der Waals surface area (Å²) in [7, 11) is 0.261. The lowest BCUT2D eigenvalue weighted by molar-refractivity contribution is -0.124. The molecule has 3 aromatic rings. The van der Waals surface area contributed by atoms with Crippen LogP contribution in [0.3, 0.4) is 0 Å². The number of nitrogens with zero attached hydrogens (tertiary/aromatic N) is 1. The van der Waals surface area contributed by atoms with Crippen molar-refractivity contribution in [1.29, 1.82) is 0 Å². The highest BCUT2D eigenvalue weighted by atomic mass is 32.2. The zero-order chi connectivity index (χ0) is 24.0. The Morgan fingerprint density at radius 1 is 0.939 bits per heavy atom. The lowest BCUT2D eigenvalue weighted by atomic mass is 9.97. The number of carbonyl (C=O) groups is 1. The van der Waals surface area contributed by atoms with Gasteiger partial charge in [-0.1, -0.05) is 42.5 Å². The Morgan fingerprint density at radius 3 is 2.27 bits per heavy atom. The number of hydrogen-bond acceptors (Lipinski definition) is 6. The quantitative estimate of drug-likeness (QED) is 0.298. The van der Waals surface area contributed by atoms with Crippen molar-refractivity contribution in [3.8, 4) is 11.5 Å². The highest BCUT2D eigenvalue weighted by molar-refractivity contribution is 7.93. The molecule has 0 saturated heterocycles. The summed E-state index contributed by atoms with van der Waals surface area (Å²) in [6, 6.07) is 20.4. The summed E-state index contributed by atoms with van der Waals surface area (Å²) >= 11 is 0. The summed E-state index contributed by atoms with van der Waals surface area (Å²) in [6.45, 7) is 0. The second kappa shape index (κ2) is 10.2. The molecule has 0 saturated carbocycles. The normalized spacial score (nSPS) is 11.6. The van der Waals surface area contributed by atoms with Gasteiger partial charge in [-0.05, 0) is 41.0 Å². The van der Waals surface area contributed by atoms with Crippen molar-refractivity contribution in [2.24, 2.45) is 0 Å². The molecule has 172 valence electrons. The molecule has 0 aliphatic carbocycles. The Balaban J connectivity index is 2.09. The van der Waals surface area contributed by atoms with Gasteiger partial charge < -0.3 is 9.47 Å². The van der Waals surface area contributed by atoms with Gasteiger partial charge in [0.15, 0.2) is 0 Å². The second-order valence-corrected chi connectivity index (χ2v) is 8.88. The number of rotatable bonds is 8. The maximum atomic E-state index is 13.4. The smallest absolute Gasteiger partial charge is 0.267 e. The van der Waals surface area contributed by atoms with Gasteiger partial charge in [-0.3, -0.25) is 14.3 Å². The van der Waals surface area contributed by atoms with Gasteiger partial charge in [0.25, 0.3) is 15.9 Å². The van der Waals surface area contributed by atoms with E-state index in [1.165, 1.54) is 39.5 Å². The van der Waals surface area contributed by atoms with Crippen LogP contribution in [0.2, 0.25) is 0 Å². The zero-order valence-electron chi connectivity index (χ0n) is 18.3. The average molecular weight is 469 g/mol. The topological polar surface area (TPSA) is 105 Å². The van der Waals surface area contributed by atoms with Gasteiger partial charge in [-0.2, -0.15) is 0 Å². The summed E-state index contributed by atoms with van der Waals surface area (Å²) in [6.07, 6.45) is 1.24. The number of carbonyl (C=O) groups excluding carboxylic acids is 1. The van der Waals surface area contributed by atoms with Crippen LogP contribution in [0.5, 0.6) is 11.5 Å². The molecule has 0 fully saturated rings. The van der Waals surface area contributed by atoms with Crippen molar-refractivity contribution in [3.05, 3.63) is 90.0 Å². The van der Waals surface area contributed by atoms with E-state index < -0.39 is 15.9 Å². The third-order valence-electron chi connectivity index (χ3n) is 5.00. The summed E-state index contributed by atoms with van der Waals surface area (Å²) < 4.78 is 38.4. The number of nitrogens with one attached hydrogen (secondary N) is 1. The molecule has 0 aliphatic rings. The first-order valence-corrected chi connectivity index (χ1v) is 11.3. The van der Waals surface area contributed by atoms with E-state index >= 15 is 0 Å². The Bertz CT molecular complexity index is 1270. The van der Waals surface area contributed by atoms with Crippen molar-refractivity contribution in [3.63, 3.8) is 0 Å². The molecule has 33 heavy (non-hydrogen) atoms.